The Morgan fingerprint density at radius 2 is 2.50 bits per heavy atom. The number of thiophene rings is 1. The average Bonchev–Trinajstić information content (AvgIpc) is 3.04. The van der Waals surface area contributed by atoms with Crippen LogP contribution >= 0.6 is 11.3 Å². The number of rotatable bonds is 5. The van der Waals surface area contributed by atoms with Gasteiger partial charge in [-0.1, -0.05) is 18.1 Å². The summed E-state index contributed by atoms with van der Waals surface area (Å²) < 4.78 is 5.12. The van der Waals surface area contributed by atoms with Gasteiger partial charge in [-0.05, 0) is 17.9 Å². The Labute approximate surface area is 108 Å². The van der Waals surface area contributed by atoms with Crippen molar-refractivity contribution in [3.63, 3.8) is 0 Å². The van der Waals surface area contributed by atoms with Gasteiger partial charge in [-0.15, -0.1) is 11.3 Å². The molecule has 2 N–H and O–H groups in total. The summed E-state index contributed by atoms with van der Waals surface area (Å²) in [5, 5.41) is 17.4. The fraction of sp³-hybridized carbons (Fsp3) is 0.333. The quantitative estimate of drug-likeness (QED) is 0.866. The van der Waals surface area contributed by atoms with E-state index in [9.17, 15) is 4.79 Å². The largest absolute Gasteiger partial charge is 0.394 e. The van der Waals surface area contributed by atoms with Crippen molar-refractivity contribution in [1.82, 2.24) is 10.5 Å². The Hall–Kier alpha value is -1.66. The molecule has 2 rings (SSSR count). The number of aliphatic hydroxyl groups is 1. The predicted octanol–water partition coefficient (Wildman–Crippen LogP) is 1.90. The fourth-order valence-corrected chi connectivity index (χ4v) is 2.13. The normalized spacial score (nSPS) is 12.3. The number of carbonyl (C=O) groups excluding carboxylic acids is 1. The van der Waals surface area contributed by atoms with Crippen molar-refractivity contribution in [3.05, 3.63) is 29.3 Å². The minimum atomic E-state index is -0.331. The topological polar surface area (TPSA) is 75.4 Å². The molecule has 2 aromatic rings. The molecular weight excluding hydrogens is 252 g/mol. The van der Waals surface area contributed by atoms with E-state index in [-0.39, 0.29) is 24.2 Å². The van der Waals surface area contributed by atoms with Crippen molar-refractivity contribution < 1.29 is 14.4 Å². The minimum Gasteiger partial charge on any atom is -0.394 e. The monoisotopic (exact) mass is 266 g/mol. The van der Waals surface area contributed by atoms with E-state index >= 15 is 0 Å². The highest BCUT2D eigenvalue weighted by molar-refractivity contribution is 7.13. The van der Waals surface area contributed by atoms with E-state index in [0.29, 0.717) is 12.2 Å². The second-order valence-corrected chi connectivity index (χ2v) is 4.76. The summed E-state index contributed by atoms with van der Waals surface area (Å²) in [5.74, 6) is 0.245. The van der Waals surface area contributed by atoms with E-state index in [4.69, 9.17) is 9.63 Å². The molecule has 0 spiro atoms. The number of amides is 1. The van der Waals surface area contributed by atoms with Gasteiger partial charge in [-0.2, -0.15) is 0 Å². The zero-order valence-electron chi connectivity index (χ0n) is 9.92. The van der Waals surface area contributed by atoms with Crippen LogP contribution in [0.4, 0.5) is 0 Å². The van der Waals surface area contributed by atoms with Crippen molar-refractivity contribution in [3.8, 4) is 10.6 Å². The zero-order valence-corrected chi connectivity index (χ0v) is 10.7. The number of nitrogens with zero attached hydrogens (tertiary/aromatic N) is 1. The Morgan fingerprint density at radius 3 is 3.11 bits per heavy atom. The molecule has 0 aromatic carbocycles. The summed E-state index contributed by atoms with van der Waals surface area (Å²) in [6, 6.07) is 5.15. The van der Waals surface area contributed by atoms with Crippen molar-refractivity contribution in [2.24, 2.45) is 0 Å². The lowest BCUT2D eigenvalue weighted by molar-refractivity contribution is 0.0906. The molecule has 18 heavy (non-hydrogen) atoms. The SMILES string of the molecule is CC[C@@H](CO)NC(=O)c1cc(-c2cccs2)on1. The minimum absolute atomic E-state index is 0.0854. The Morgan fingerprint density at radius 1 is 1.67 bits per heavy atom. The van der Waals surface area contributed by atoms with Crippen LogP contribution in [0, 0.1) is 0 Å². The maximum atomic E-state index is 11.8. The van der Waals surface area contributed by atoms with Crippen LogP contribution in [0.1, 0.15) is 23.8 Å². The highest BCUT2D eigenvalue weighted by Crippen LogP contribution is 2.25. The van der Waals surface area contributed by atoms with Gasteiger partial charge in [0.1, 0.15) is 0 Å². The van der Waals surface area contributed by atoms with Crippen LogP contribution in [0.15, 0.2) is 28.1 Å². The van der Waals surface area contributed by atoms with Gasteiger partial charge in [-0.25, -0.2) is 0 Å². The second kappa shape index (κ2) is 5.79. The molecule has 5 nitrogen and oxygen atoms in total. The summed E-state index contributed by atoms with van der Waals surface area (Å²) in [6.07, 6.45) is 0.665. The summed E-state index contributed by atoms with van der Waals surface area (Å²) in [4.78, 5) is 12.7. The first-order chi connectivity index (χ1) is 8.74. The van der Waals surface area contributed by atoms with Crippen LogP contribution in [0.3, 0.4) is 0 Å². The summed E-state index contributed by atoms with van der Waals surface area (Å²) in [5.41, 5.74) is 0.227. The third-order valence-corrected chi connectivity index (χ3v) is 3.44. The van der Waals surface area contributed by atoms with E-state index in [0.717, 1.165) is 4.88 Å². The van der Waals surface area contributed by atoms with Crippen LogP contribution in [0.5, 0.6) is 0 Å². The number of aliphatic hydroxyl groups excluding tert-OH is 1. The van der Waals surface area contributed by atoms with Gasteiger partial charge in [-0.3, -0.25) is 4.79 Å². The summed E-state index contributed by atoms with van der Waals surface area (Å²) in [7, 11) is 0. The molecule has 0 bridgehead atoms. The van der Waals surface area contributed by atoms with Crippen molar-refractivity contribution in [2.45, 2.75) is 19.4 Å². The molecule has 0 saturated carbocycles. The fourth-order valence-electron chi connectivity index (χ4n) is 1.45. The Balaban J connectivity index is 2.08. The lowest BCUT2D eigenvalue weighted by atomic mass is 10.2. The van der Waals surface area contributed by atoms with E-state index in [2.05, 4.69) is 10.5 Å². The number of carbonyl (C=O) groups is 1. The van der Waals surface area contributed by atoms with Gasteiger partial charge >= 0.3 is 0 Å². The summed E-state index contributed by atoms with van der Waals surface area (Å²) >= 11 is 1.52. The van der Waals surface area contributed by atoms with Crippen molar-refractivity contribution >= 4 is 17.2 Å². The molecule has 2 aromatic heterocycles. The van der Waals surface area contributed by atoms with Crippen LogP contribution in [0.25, 0.3) is 10.6 Å². The second-order valence-electron chi connectivity index (χ2n) is 3.81. The highest BCUT2D eigenvalue weighted by Gasteiger charge is 2.16. The molecule has 96 valence electrons. The first kappa shape index (κ1) is 12.8. The smallest absolute Gasteiger partial charge is 0.273 e. The van der Waals surface area contributed by atoms with Gasteiger partial charge in [0.2, 0.25) is 0 Å². The molecular formula is C12H14N2O3S. The summed E-state index contributed by atoms with van der Waals surface area (Å²) in [6.45, 7) is 1.80. The average molecular weight is 266 g/mol. The lowest BCUT2D eigenvalue weighted by Gasteiger charge is -2.11. The Kier molecular flexibility index (Phi) is 4.11. The molecule has 0 unspecified atom stereocenters. The maximum absolute atomic E-state index is 11.8. The van der Waals surface area contributed by atoms with E-state index in [1.54, 1.807) is 6.07 Å². The zero-order chi connectivity index (χ0) is 13.0. The van der Waals surface area contributed by atoms with E-state index in [1.807, 2.05) is 24.4 Å². The van der Waals surface area contributed by atoms with Gasteiger partial charge in [0.25, 0.3) is 5.91 Å². The molecule has 1 amide bonds. The lowest BCUT2D eigenvalue weighted by Crippen LogP contribution is -2.37. The first-order valence-electron chi connectivity index (χ1n) is 5.67. The van der Waals surface area contributed by atoms with Crippen molar-refractivity contribution in [2.75, 3.05) is 6.61 Å². The molecule has 0 fully saturated rings. The van der Waals surface area contributed by atoms with Gasteiger partial charge in [0, 0.05) is 6.07 Å². The highest BCUT2D eigenvalue weighted by atomic mass is 32.1. The van der Waals surface area contributed by atoms with E-state index in [1.165, 1.54) is 11.3 Å². The molecule has 6 heteroatoms. The molecule has 0 aliphatic heterocycles. The molecule has 0 aliphatic rings. The Bertz CT molecular complexity index is 503. The predicted molar refractivity (Wildman–Crippen MR) is 68.4 cm³/mol. The number of hydrogen-bond acceptors (Lipinski definition) is 5. The molecule has 2 heterocycles. The third kappa shape index (κ3) is 2.77. The molecule has 0 radical (unpaired) electrons. The van der Waals surface area contributed by atoms with Gasteiger partial charge in [0.05, 0.1) is 17.5 Å². The third-order valence-electron chi connectivity index (χ3n) is 2.56. The number of hydrogen-bond donors (Lipinski definition) is 2. The van der Waals surface area contributed by atoms with Crippen LogP contribution in [0.2, 0.25) is 0 Å². The molecule has 0 saturated heterocycles. The van der Waals surface area contributed by atoms with Gasteiger partial charge < -0.3 is 14.9 Å². The van der Waals surface area contributed by atoms with Crippen LogP contribution in [-0.4, -0.2) is 28.8 Å². The molecule has 0 aliphatic carbocycles. The van der Waals surface area contributed by atoms with Gasteiger partial charge in [0.15, 0.2) is 11.5 Å². The van der Waals surface area contributed by atoms with Crippen molar-refractivity contribution in [1.29, 1.82) is 0 Å². The van der Waals surface area contributed by atoms with Crippen LogP contribution < -0.4 is 5.32 Å². The maximum Gasteiger partial charge on any atom is 0.273 e. The van der Waals surface area contributed by atoms with Crippen LogP contribution in [-0.2, 0) is 0 Å². The number of nitrogens with one attached hydrogen (secondary N) is 1. The molecule has 1 atom stereocenters. The first-order valence-corrected chi connectivity index (χ1v) is 6.55. The standard InChI is InChI=1S/C12H14N2O3S/c1-2-8(7-15)13-12(16)9-6-10(17-14-9)11-4-3-5-18-11/h3-6,8,15H,2,7H2,1H3,(H,13,16)/t8-/m0/s1. The van der Waals surface area contributed by atoms with E-state index < -0.39 is 0 Å². The number of aromatic nitrogens is 1.